The van der Waals surface area contributed by atoms with Crippen molar-refractivity contribution in [1.29, 1.82) is 0 Å². The maximum atomic E-state index is 15.2. The third-order valence-electron chi connectivity index (χ3n) is 6.06. The number of nitrogens with zero attached hydrogens (tertiary/aromatic N) is 1. The number of ether oxygens (including phenoxy) is 4. The Balaban J connectivity index is 1.82. The molecule has 0 saturated carbocycles. The highest BCUT2D eigenvalue weighted by Crippen LogP contribution is 2.44. The summed E-state index contributed by atoms with van der Waals surface area (Å²) in [5.74, 6) is 1.53. The molecule has 0 unspecified atom stereocenters. The van der Waals surface area contributed by atoms with Crippen molar-refractivity contribution >= 4 is 23.3 Å². The van der Waals surface area contributed by atoms with Crippen LogP contribution in [0.1, 0.15) is 22.7 Å². The molecule has 0 saturated heterocycles. The number of carbonyl (C=O) groups excluding carboxylic acids is 1. The Morgan fingerprint density at radius 3 is 2.34 bits per heavy atom. The number of fused-ring (bicyclic) bond motifs is 1. The van der Waals surface area contributed by atoms with E-state index >= 15 is 4.39 Å². The maximum Gasteiger partial charge on any atom is 0.322 e. The molecule has 0 spiro atoms. The van der Waals surface area contributed by atoms with Gasteiger partial charge in [-0.25, -0.2) is 9.18 Å². The number of halogens is 2. The van der Waals surface area contributed by atoms with Crippen molar-refractivity contribution in [2.45, 2.75) is 12.5 Å². The first kappa shape index (κ1) is 24.5. The largest absolute Gasteiger partial charge is 0.497 e. The zero-order chi connectivity index (χ0) is 25.1. The van der Waals surface area contributed by atoms with Crippen LogP contribution in [-0.4, -0.2) is 45.9 Å². The summed E-state index contributed by atoms with van der Waals surface area (Å²) in [4.78, 5) is 15.2. The molecule has 3 aromatic carbocycles. The fraction of sp³-hybridized carbons (Fsp3) is 0.269. The molecule has 1 aliphatic heterocycles. The normalized spacial score (nSPS) is 14.7. The highest BCUT2D eigenvalue weighted by Gasteiger charge is 2.36. The first-order valence-electron chi connectivity index (χ1n) is 10.9. The van der Waals surface area contributed by atoms with Crippen LogP contribution in [0.15, 0.2) is 48.5 Å². The van der Waals surface area contributed by atoms with Crippen LogP contribution < -0.4 is 24.3 Å². The summed E-state index contributed by atoms with van der Waals surface area (Å²) in [7, 11) is 6.13. The van der Waals surface area contributed by atoms with Gasteiger partial charge in [0.25, 0.3) is 0 Å². The standard InChI is InChI=1S/C26H26ClFN2O5/c1-32-16-8-9-21(33-2)20(13-16)29-26(31)30-11-10-15-12-22(34-3)23(35-4)14-17(15)25(30)24-18(27)6-5-7-19(24)28/h5-9,12-14,25H,10-11H2,1-4H3,(H,29,31)/t25-/m1/s1. The van der Waals surface area contributed by atoms with Crippen LogP contribution >= 0.6 is 11.6 Å². The van der Waals surface area contributed by atoms with Gasteiger partial charge in [-0.15, -0.1) is 0 Å². The molecule has 4 rings (SSSR count). The first-order valence-corrected chi connectivity index (χ1v) is 11.3. The first-order chi connectivity index (χ1) is 16.9. The van der Waals surface area contributed by atoms with E-state index in [1.165, 1.54) is 33.5 Å². The van der Waals surface area contributed by atoms with Gasteiger partial charge in [0.05, 0.1) is 40.2 Å². The van der Waals surface area contributed by atoms with Gasteiger partial charge in [0.15, 0.2) is 11.5 Å². The SMILES string of the molecule is COc1ccc(OC)c(NC(=O)N2CCc3cc(OC)c(OC)cc3[C@@H]2c2c(F)cccc2Cl)c1. The van der Waals surface area contributed by atoms with Crippen molar-refractivity contribution in [2.75, 3.05) is 40.3 Å². The summed E-state index contributed by atoms with van der Waals surface area (Å²) in [5.41, 5.74) is 2.24. The minimum absolute atomic E-state index is 0.204. The number of nitrogens with one attached hydrogen (secondary N) is 1. The molecule has 35 heavy (non-hydrogen) atoms. The van der Waals surface area contributed by atoms with Crippen LogP contribution in [0.25, 0.3) is 0 Å². The van der Waals surface area contributed by atoms with Gasteiger partial charge in [-0.2, -0.15) is 0 Å². The van der Waals surface area contributed by atoms with Crippen LogP contribution in [0.3, 0.4) is 0 Å². The molecule has 0 bridgehead atoms. The lowest BCUT2D eigenvalue weighted by Gasteiger charge is -2.38. The zero-order valence-electron chi connectivity index (χ0n) is 19.9. The molecule has 1 N–H and O–H groups in total. The van der Waals surface area contributed by atoms with Crippen LogP contribution in [-0.2, 0) is 6.42 Å². The molecule has 1 aliphatic rings. The van der Waals surface area contributed by atoms with E-state index in [0.717, 1.165) is 5.56 Å². The van der Waals surface area contributed by atoms with Gasteiger partial charge in [-0.05, 0) is 53.9 Å². The number of hydrogen-bond acceptors (Lipinski definition) is 5. The Hall–Kier alpha value is -3.65. The van der Waals surface area contributed by atoms with Crippen molar-refractivity contribution < 1.29 is 28.1 Å². The molecule has 7 nitrogen and oxygen atoms in total. The van der Waals surface area contributed by atoms with E-state index in [4.69, 9.17) is 30.5 Å². The molecule has 1 atom stereocenters. The highest BCUT2D eigenvalue weighted by atomic mass is 35.5. The van der Waals surface area contributed by atoms with E-state index in [-0.39, 0.29) is 10.6 Å². The molecule has 0 radical (unpaired) electrons. The lowest BCUT2D eigenvalue weighted by atomic mass is 9.87. The highest BCUT2D eigenvalue weighted by molar-refractivity contribution is 6.31. The molecule has 9 heteroatoms. The van der Waals surface area contributed by atoms with Gasteiger partial charge < -0.3 is 29.2 Å². The van der Waals surface area contributed by atoms with E-state index < -0.39 is 17.9 Å². The third-order valence-corrected chi connectivity index (χ3v) is 6.39. The second-order valence-corrected chi connectivity index (χ2v) is 8.29. The monoisotopic (exact) mass is 500 g/mol. The van der Waals surface area contributed by atoms with Gasteiger partial charge in [0.2, 0.25) is 0 Å². The molecule has 2 amide bonds. The summed E-state index contributed by atoms with van der Waals surface area (Å²) >= 11 is 6.49. The Morgan fingerprint density at radius 1 is 0.971 bits per heavy atom. The van der Waals surface area contributed by atoms with E-state index in [1.54, 1.807) is 42.3 Å². The summed E-state index contributed by atoms with van der Waals surface area (Å²) in [6.45, 7) is 0.315. The van der Waals surface area contributed by atoms with Crippen LogP contribution in [0.4, 0.5) is 14.9 Å². The summed E-state index contributed by atoms with van der Waals surface area (Å²) in [6.07, 6.45) is 0.529. The average molecular weight is 501 g/mol. The molecular weight excluding hydrogens is 475 g/mol. The second-order valence-electron chi connectivity index (χ2n) is 7.88. The van der Waals surface area contributed by atoms with E-state index in [9.17, 15) is 4.79 Å². The minimum atomic E-state index is -0.802. The van der Waals surface area contributed by atoms with Crippen molar-refractivity contribution in [3.05, 3.63) is 76.1 Å². The zero-order valence-corrected chi connectivity index (χ0v) is 20.6. The smallest absolute Gasteiger partial charge is 0.322 e. The summed E-state index contributed by atoms with van der Waals surface area (Å²) in [5, 5.41) is 3.10. The maximum absolute atomic E-state index is 15.2. The Labute approximate surface area is 208 Å². The van der Waals surface area contributed by atoms with E-state index in [2.05, 4.69) is 5.32 Å². The Kier molecular flexibility index (Phi) is 7.21. The van der Waals surface area contributed by atoms with Crippen LogP contribution in [0.2, 0.25) is 5.02 Å². The fourth-order valence-corrected chi connectivity index (χ4v) is 4.61. The molecule has 3 aromatic rings. The predicted molar refractivity (Wildman–Crippen MR) is 132 cm³/mol. The van der Waals surface area contributed by atoms with Gasteiger partial charge >= 0.3 is 6.03 Å². The molecule has 0 fully saturated rings. The second kappa shape index (κ2) is 10.3. The lowest BCUT2D eigenvalue weighted by Crippen LogP contribution is -2.43. The number of urea groups is 1. The average Bonchev–Trinajstić information content (AvgIpc) is 2.87. The van der Waals surface area contributed by atoms with Crippen LogP contribution in [0.5, 0.6) is 23.0 Å². The van der Waals surface area contributed by atoms with Crippen LogP contribution in [0, 0.1) is 5.82 Å². The number of anilines is 1. The van der Waals surface area contributed by atoms with Crippen molar-refractivity contribution in [3.63, 3.8) is 0 Å². The lowest BCUT2D eigenvalue weighted by molar-refractivity contribution is 0.192. The molecular formula is C26H26ClFN2O5. The predicted octanol–water partition coefficient (Wildman–Crippen LogP) is 5.69. The van der Waals surface area contributed by atoms with Gasteiger partial charge in [-0.3, -0.25) is 0 Å². The van der Waals surface area contributed by atoms with Gasteiger partial charge in [0, 0.05) is 23.2 Å². The van der Waals surface area contributed by atoms with Gasteiger partial charge in [-0.1, -0.05) is 17.7 Å². The Bertz CT molecular complexity index is 1230. The quantitative estimate of drug-likeness (QED) is 0.470. The molecule has 1 heterocycles. The number of carbonyl (C=O) groups is 1. The molecule has 0 aliphatic carbocycles. The third kappa shape index (κ3) is 4.66. The number of benzene rings is 3. The number of rotatable bonds is 6. The fourth-order valence-electron chi connectivity index (χ4n) is 4.35. The van der Waals surface area contributed by atoms with Crippen molar-refractivity contribution in [1.82, 2.24) is 4.90 Å². The number of hydrogen-bond donors (Lipinski definition) is 1. The topological polar surface area (TPSA) is 69.3 Å². The summed E-state index contributed by atoms with van der Waals surface area (Å²) < 4.78 is 36.8. The summed E-state index contributed by atoms with van der Waals surface area (Å²) in [6, 6.07) is 11.9. The number of methoxy groups -OCH3 is 4. The Morgan fingerprint density at radius 2 is 1.69 bits per heavy atom. The van der Waals surface area contributed by atoms with Crippen molar-refractivity contribution in [2.24, 2.45) is 0 Å². The van der Waals surface area contributed by atoms with Gasteiger partial charge in [0.1, 0.15) is 17.3 Å². The number of amides is 2. The molecule has 0 aromatic heterocycles. The van der Waals surface area contributed by atoms with Crippen molar-refractivity contribution in [3.8, 4) is 23.0 Å². The van der Waals surface area contributed by atoms with E-state index in [0.29, 0.717) is 47.2 Å². The minimum Gasteiger partial charge on any atom is -0.497 e. The molecule has 184 valence electrons. The van der Waals surface area contributed by atoms with E-state index in [1.807, 2.05) is 6.07 Å².